The van der Waals surface area contributed by atoms with Gasteiger partial charge in [0.2, 0.25) is 5.89 Å². The van der Waals surface area contributed by atoms with Gasteiger partial charge >= 0.3 is 6.03 Å². The number of methoxy groups -OCH3 is 2. The molecule has 2 aromatic rings. The number of aromatic nitrogens is 2. The average Bonchev–Trinajstić information content (AvgIpc) is 2.98. The SMILES string of the molecule is COc1ccc(OC)c(CCNC(=O)NCc2nc(C)no2)c1. The summed E-state index contributed by atoms with van der Waals surface area (Å²) in [5.41, 5.74) is 0.958. The Balaban J connectivity index is 1.78. The third-order valence-corrected chi connectivity index (χ3v) is 3.14. The van der Waals surface area contributed by atoms with Gasteiger partial charge in [-0.25, -0.2) is 4.79 Å². The van der Waals surface area contributed by atoms with E-state index in [0.717, 1.165) is 17.1 Å². The van der Waals surface area contributed by atoms with Gasteiger partial charge in [-0.15, -0.1) is 0 Å². The molecule has 0 unspecified atom stereocenters. The van der Waals surface area contributed by atoms with Crippen LogP contribution in [0.2, 0.25) is 0 Å². The minimum absolute atomic E-state index is 0.190. The van der Waals surface area contributed by atoms with E-state index in [4.69, 9.17) is 14.0 Å². The summed E-state index contributed by atoms with van der Waals surface area (Å²) >= 11 is 0. The van der Waals surface area contributed by atoms with Gasteiger partial charge in [0, 0.05) is 6.54 Å². The number of urea groups is 1. The van der Waals surface area contributed by atoms with Crippen LogP contribution in [0.3, 0.4) is 0 Å². The zero-order chi connectivity index (χ0) is 16.7. The van der Waals surface area contributed by atoms with Crippen molar-refractivity contribution in [1.29, 1.82) is 0 Å². The highest BCUT2D eigenvalue weighted by Crippen LogP contribution is 2.24. The van der Waals surface area contributed by atoms with Crippen molar-refractivity contribution in [2.24, 2.45) is 0 Å². The van der Waals surface area contributed by atoms with E-state index < -0.39 is 0 Å². The maximum atomic E-state index is 11.7. The zero-order valence-corrected chi connectivity index (χ0v) is 13.4. The van der Waals surface area contributed by atoms with Gasteiger partial charge in [0.05, 0.1) is 20.8 Å². The van der Waals surface area contributed by atoms with Gasteiger partial charge in [-0.1, -0.05) is 5.16 Å². The maximum Gasteiger partial charge on any atom is 0.315 e. The Hall–Kier alpha value is -2.77. The van der Waals surface area contributed by atoms with Crippen molar-refractivity contribution in [3.63, 3.8) is 0 Å². The number of benzene rings is 1. The van der Waals surface area contributed by atoms with Crippen LogP contribution >= 0.6 is 0 Å². The second-order valence-electron chi connectivity index (χ2n) is 4.77. The molecule has 0 saturated carbocycles. The molecule has 0 aliphatic rings. The number of amides is 2. The summed E-state index contributed by atoms with van der Waals surface area (Å²) in [5.74, 6) is 2.41. The molecule has 1 aromatic carbocycles. The monoisotopic (exact) mass is 320 g/mol. The van der Waals surface area contributed by atoms with Gasteiger partial charge in [-0.2, -0.15) is 4.98 Å². The number of nitrogens with one attached hydrogen (secondary N) is 2. The van der Waals surface area contributed by atoms with Crippen LogP contribution in [0.4, 0.5) is 4.79 Å². The molecule has 8 heteroatoms. The molecular weight excluding hydrogens is 300 g/mol. The van der Waals surface area contributed by atoms with E-state index in [2.05, 4.69) is 20.8 Å². The zero-order valence-electron chi connectivity index (χ0n) is 13.4. The molecule has 0 spiro atoms. The lowest BCUT2D eigenvalue weighted by atomic mass is 10.1. The second kappa shape index (κ2) is 8.02. The van der Waals surface area contributed by atoms with Crippen LogP contribution in [0.15, 0.2) is 22.7 Å². The summed E-state index contributed by atoms with van der Waals surface area (Å²) in [6.07, 6.45) is 0.619. The van der Waals surface area contributed by atoms with Gasteiger partial charge in [0.1, 0.15) is 11.5 Å². The second-order valence-corrected chi connectivity index (χ2v) is 4.77. The molecule has 0 atom stereocenters. The number of aryl methyl sites for hydroxylation is 1. The summed E-state index contributed by atoms with van der Waals surface area (Å²) < 4.78 is 15.4. The molecule has 0 fully saturated rings. The Morgan fingerprint density at radius 2 is 2.09 bits per heavy atom. The van der Waals surface area contributed by atoms with E-state index in [-0.39, 0.29) is 12.6 Å². The highest BCUT2D eigenvalue weighted by Gasteiger charge is 2.08. The van der Waals surface area contributed by atoms with Crippen molar-refractivity contribution in [2.75, 3.05) is 20.8 Å². The predicted molar refractivity (Wildman–Crippen MR) is 82.5 cm³/mol. The van der Waals surface area contributed by atoms with E-state index in [0.29, 0.717) is 24.7 Å². The van der Waals surface area contributed by atoms with Gasteiger partial charge in [-0.3, -0.25) is 0 Å². The first-order valence-electron chi connectivity index (χ1n) is 7.14. The van der Waals surface area contributed by atoms with Crippen LogP contribution in [0.25, 0.3) is 0 Å². The average molecular weight is 320 g/mol. The molecule has 1 aromatic heterocycles. The van der Waals surface area contributed by atoms with Crippen molar-refractivity contribution in [1.82, 2.24) is 20.8 Å². The molecular formula is C15H20N4O4. The molecule has 0 aliphatic carbocycles. The first-order chi connectivity index (χ1) is 11.1. The normalized spacial score (nSPS) is 10.2. The largest absolute Gasteiger partial charge is 0.497 e. The van der Waals surface area contributed by atoms with Gasteiger partial charge < -0.3 is 24.6 Å². The first-order valence-corrected chi connectivity index (χ1v) is 7.14. The molecule has 124 valence electrons. The smallest absolute Gasteiger partial charge is 0.315 e. The molecule has 0 saturated heterocycles. The van der Waals surface area contributed by atoms with E-state index in [9.17, 15) is 4.79 Å². The number of carbonyl (C=O) groups is 1. The Morgan fingerprint density at radius 3 is 2.74 bits per heavy atom. The van der Waals surface area contributed by atoms with E-state index in [1.165, 1.54) is 0 Å². The molecule has 1 heterocycles. The number of ether oxygens (including phenoxy) is 2. The van der Waals surface area contributed by atoms with E-state index >= 15 is 0 Å². The van der Waals surface area contributed by atoms with E-state index in [1.807, 2.05) is 18.2 Å². The summed E-state index contributed by atoms with van der Waals surface area (Å²) in [6, 6.07) is 5.25. The van der Waals surface area contributed by atoms with Gasteiger partial charge in [-0.05, 0) is 37.1 Å². The first kappa shape index (κ1) is 16.6. The van der Waals surface area contributed by atoms with Gasteiger partial charge in [0.25, 0.3) is 0 Å². The molecule has 23 heavy (non-hydrogen) atoms. The van der Waals surface area contributed by atoms with Crippen molar-refractivity contribution in [3.05, 3.63) is 35.5 Å². The van der Waals surface area contributed by atoms with Crippen LogP contribution < -0.4 is 20.1 Å². The van der Waals surface area contributed by atoms with Gasteiger partial charge in [0.15, 0.2) is 5.82 Å². The molecule has 2 N–H and O–H groups in total. The summed E-state index contributed by atoms with van der Waals surface area (Å²) in [4.78, 5) is 15.7. The van der Waals surface area contributed by atoms with Crippen molar-refractivity contribution in [2.45, 2.75) is 19.9 Å². The lowest BCUT2D eigenvalue weighted by Gasteiger charge is -2.11. The van der Waals surface area contributed by atoms with Crippen molar-refractivity contribution >= 4 is 6.03 Å². The minimum atomic E-state index is -0.303. The number of rotatable bonds is 7. The Kier molecular flexibility index (Phi) is 5.79. The fourth-order valence-electron chi connectivity index (χ4n) is 2.02. The quantitative estimate of drug-likeness (QED) is 0.801. The fraction of sp³-hybridized carbons (Fsp3) is 0.400. The third-order valence-electron chi connectivity index (χ3n) is 3.14. The summed E-state index contributed by atoms with van der Waals surface area (Å²) in [5, 5.41) is 9.06. The predicted octanol–water partition coefficient (Wildman–Crippen LogP) is 1.44. The fourth-order valence-corrected chi connectivity index (χ4v) is 2.02. The van der Waals surface area contributed by atoms with Crippen LogP contribution in [-0.2, 0) is 13.0 Å². The Labute approximate surface area is 134 Å². The molecule has 0 bridgehead atoms. The number of hydrogen-bond donors (Lipinski definition) is 2. The third kappa shape index (κ3) is 4.87. The number of carbonyl (C=O) groups excluding carboxylic acids is 1. The molecule has 0 radical (unpaired) electrons. The minimum Gasteiger partial charge on any atom is -0.497 e. The molecule has 2 rings (SSSR count). The summed E-state index contributed by atoms with van der Waals surface area (Å²) in [7, 11) is 3.22. The van der Waals surface area contributed by atoms with E-state index in [1.54, 1.807) is 21.1 Å². The van der Waals surface area contributed by atoms with Crippen LogP contribution in [0.1, 0.15) is 17.3 Å². The Bertz CT molecular complexity index is 657. The van der Waals surface area contributed by atoms with Crippen LogP contribution in [0, 0.1) is 6.92 Å². The highest BCUT2D eigenvalue weighted by molar-refractivity contribution is 5.73. The van der Waals surface area contributed by atoms with Crippen molar-refractivity contribution in [3.8, 4) is 11.5 Å². The topological polar surface area (TPSA) is 98.5 Å². The summed E-state index contributed by atoms with van der Waals surface area (Å²) in [6.45, 7) is 2.36. The number of hydrogen-bond acceptors (Lipinski definition) is 6. The van der Waals surface area contributed by atoms with Crippen LogP contribution in [-0.4, -0.2) is 36.9 Å². The van der Waals surface area contributed by atoms with Crippen LogP contribution in [0.5, 0.6) is 11.5 Å². The molecule has 8 nitrogen and oxygen atoms in total. The molecule has 0 aliphatic heterocycles. The number of nitrogens with zero attached hydrogens (tertiary/aromatic N) is 2. The lowest BCUT2D eigenvalue weighted by molar-refractivity contribution is 0.238. The molecule has 2 amide bonds. The van der Waals surface area contributed by atoms with Crippen molar-refractivity contribution < 1.29 is 18.8 Å². The Morgan fingerprint density at radius 1 is 1.26 bits per heavy atom. The standard InChI is InChI=1S/C15H20N4O4/c1-10-18-14(23-19-10)9-17-15(20)16-7-6-11-8-12(21-2)4-5-13(11)22-3/h4-5,8H,6-7,9H2,1-3H3,(H2,16,17,20). The maximum absolute atomic E-state index is 11.7. The lowest BCUT2D eigenvalue weighted by Crippen LogP contribution is -2.36. The highest BCUT2D eigenvalue weighted by atomic mass is 16.5.